The molecule has 0 atom stereocenters. The van der Waals surface area contributed by atoms with Gasteiger partial charge in [0.25, 0.3) is 5.91 Å². The average molecular weight is 547 g/mol. The summed E-state index contributed by atoms with van der Waals surface area (Å²) in [7, 11) is 3.17. The maximum atomic E-state index is 13.6. The van der Waals surface area contributed by atoms with Crippen LogP contribution in [-0.2, 0) is 17.8 Å². The van der Waals surface area contributed by atoms with Crippen molar-refractivity contribution in [3.63, 3.8) is 0 Å². The second kappa shape index (κ2) is 13.4. The van der Waals surface area contributed by atoms with Crippen LogP contribution < -0.4 is 9.47 Å². The van der Waals surface area contributed by atoms with Crippen LogP contribution in [0.2, 0.25) is 10.0 Å². The monoisotopic (exact) mass is 546 g/mol. The summed E-state index contributed by atoms with van der Waals surface area (Å²) in [5.74, 6) is 1.61. The molecule has 37 heavy (non-hydrogen) atoms. The molecule has 0 radical (unpaired) electrons. The third-order valence-electron chi connectivity index (χ3n) is 5.76. The fraction of sp³-hybridized carbons (Fsp3) is 0.357. The number of methoxy groups -OCH3 is 2. The molecule has 0 aliphatic heterocycles. The lowest BCUT2D eigenvalue weighted by atomic mass is 10.1. The van der Waals surface area contributed by atoms with Crippen LogP contribution in [0.4, 0.5) is 0 Å². The Morgan fingerprint density at radius 1 is 0.946 bits per heavy atom. The Bertz CT molecular complexity index is 1200. The van der Waals surface area contributed by atoms with Crippen LogP contribution in [0.25, 0.3) is 0 Å². The number of halogens is 2. The zero-order valence-corrected chi connectivity index (χ0v) is 23.0. The van der Waals surface area contributed by atoms with E-state index in [1.54, 1.807) is 48.5 Å². The van der Waals surface area contributed by atoms with Gasteiger partial charge in [-0.05, 0) is 60.4 Å². The van der Waals surface area contributed by atoms with E-state index in [1.807, 2.05) is 38.1 Å². The van der Waals surface area contributed by atoms with Gasteiger partial charge in [0.15, 0.2) is 11.5 Å². The Morgan fingerprint density at radius 2 is 1.70 bits per heavy atom. The molecule has 0 spiro atoms. The van der Waals surface area contributed by atoms with Crippen molar-refractivity contribution < 1.29 is 23.5 Å². The molecule has 2 aromatic carbocycles. The Labute approximate surface area is 227 Å². The van der Waals surface area contributed by atoms with Gasteiger partial charge in [0.1, 0.15) is 12.3 Å². The summed E-state index contributed by atoms with van der Waals surface area (Å²) in [5, 5.41) is 0.655. The third-order valence-corrected chi connectivity index (χ3v) is 6.50. The fourth-order valence-electron chi connectivity index (χ4n) is 3.92. The van der Waals surface area contributed by atoms with Crippen molar-refractivity contribution >= 4 is 35.0 Å². The highest BCUT2D eigenvalue weighted by Gasteiger charge is 2.24. The van der Waals surface area contributed by atoms with Crippen LogP contribution in [0.3, 0.4) is 0 Å². The Balaban J connectivity index is 1.79. The van der Waals surface area contributed by atoms with Crippen molar-refractivity contribution in [1.82, 2.24) is 9.80 Å². The lowest BCUT2D eigenvalue weighted by molar-refractivity contribution is -0.132. The summed E-state index contributed by atoms with van der Waals surface area (Å²) in [6.07, 6.45) is 2.16. The molecule has 0 saturated heterocycles. The van der Waals surface area contributed by atoms with Gasteiger partial charge in [-0.15, -0.1) is 0 Å². The summed E-state index contributed by atoms with van der Waals surface area (Å²) in [4.78, 5) is 30.2. The quantitative estimate of drug-likeness (QED) is 0.279. The molecule has 3 aromatic rings. The second-order valence-electron chi connectivity index (χ2n) is 9.04. The molecule has 1 heterocycles. The highest BCUT2D eigenvalue weighted by molar-refractivity contribution is 6.42. The molecular formula is C28H32Cl2N2O5. The van der Waals surface area contributed by atoms with Gasteiger partial charge in [-0.2, -0.15) is 0 Å². The number of nitrogens with zero attached hydrogens (tertiary/aromatic N) is 2. The van der Waals surface area contributed by atoms with Crippen LogP contribution in [0, 0.1) is 5.92 Å². The van der Waals surface area contributed by atoms with E-state index in [9.17, 15) is 9.59 Å². The van der Waals surface area contributed by atoms with Crippen molar-refractivity contribution in [3.05, 3.63) is 81.7 Å². The van der Waals surface area contributed by atoms with Gasteiger partial charge in [0.05, 0.1) is 37.1 Å². The summed E-state index contributed by atoms with van der Waals surface area (Å²) in [6, 6.07) is 14.0. The maximum Gasteiger partial charge on any atom is 0.254 e. The number of amides is 2. The van der Waals surface area contributed by atoms with E-state index in [1.165, 1.54) is 6.07 Å². The van der Waals surface area contributed by atoms with E-state index in [4.69, 9.17) is 37.1 Å². The van der Waals surface area contributed by atoms with Crippen LogP contribution >= 0.6 is 23.2 Å². The van der Waals surface area contributed by atoms with Gasteiger partial charge in [-0.1, -0.05) is 43.1 Å². The molecule has 0 fully saturated rings. The van der Waals surface area contributed by atoms with Gasteiger partial charge in [-0.3, -0.25) is 9.59 Å². The van der Waals surface area contributed by atoms with Crippen LogP contribution in [-0.4, -0.2) is 55.5 Å². The largest absolute Gasteiger partial charge is 0.493 e. The normalized spacial score (nSPS) is 10.9. The summed E-state index contributed by atoms with van der Waals surface area (Å²) in [5.41, 5.74) is 1.37. The zero-order valence-electron chi connectivity index (χ0n) is 21.5. The summed E-state index contributed by atoms with van der Waals surface area (Å²) < 4.78 is 16.2. The van der Waals surface area contributed by atoms with Crippen LogP contribution in [0.5, 0.6) is 11.5 Å². The second-order valence-corrected chi connectivity index (χ2v) is 9.86. The Hall–Kier alpha value is -3.16. The molecule has 7 nitrogen and oxygen atoms in total. The van der Waals surface area contributed by atoms with Gasteiger partial charge >= 0.3 is 0 Å². The van der Waals surface area contributed by atoms with E-state index in [2.05, 4.69) is 0 Å². The molecule has 3 rings (SSSR count). The molecule has 0 aliphatic carbocycles. The fourth-order valence-corrected chi connectivity index (χ4v) is 4.22. The van der Waals surface area contributed by atoms with Gasteiger partial charge in [0, 0.05) is 18.7 Å². The highest BCUT2D eigenvalue weighted by atomic mass is 35.5. The van der Waals surface area contributed by atoms with Gasteiger partial charge < -0.3 is 23.7 Å². The minimum atomic E-state index is -0.279. The molecule has 9 heteroatoms. The number of rotatable bonds is 12. The molecule has 0 aliphatic rings. The van der Waals surface area contributed by atoms with Crippen molar-refractivity contribution in [3.8, 4) is 11.5 Å². The molecule has 0 bridgehead atoms. The number of ether oxygens (including phenoxy) is 2. The van der Waals surface area contributed by atoms with Gasteiger partial charge in [-0.25, -0.2) is 0 Å². The lowest BCUT2D eigenvalue weighted by Gasteiger charge is -2.28. The highest BCUT2D eigenvalue weighted by Crippen LogP contribution is 2.28. The standard InChI is InChI=1S/C28H32Cl2N2O5/c1-19(2)16-32(28(34)21-8-9-23(29)24(30)15-21)18-27(33)31(17-22-6-5-13-37-22)12-11-20-7-10-25(35-3)26(14-20)36-4/h5-10,13-15,19H,11-12,16-18H2,1-4H3. The van der Waals surface area contributed by atoms with Gasteiger partial charge in [0.2, 0.25) is 5.91 Å². The number of benzene rings is 2. The molecule has 0 unspecified atom stereocenters. The maximum absolute atomic E-state index is 13.6. The van der Waals surface area contributed by atoms with E-state index in [-0.39, 0.29) is 35.8 Å². The first-order valence-electron chi connectivity index (χ1n) is 12.0. The predicted molar refractivity (Wildman–Crippen MR) is 145 cm³/mol. The van der Waals surface area contributed by atoms with Crippen molar-refractivity contribution in [1.29, 1.82) is 0 Å². The molecule has 198 valence electrons. The average Bonchev–Trinajstić information content (AvgIpc) is 3.40. The van der Waals surface area contributed by atoms with E-state index < -0.39 is 0 Å². The van der Waals surface area contributed by atoms with E-state index >= 15 is 0 Å². The summed E-state index contributed by atoms with van der Waals surface area (Å²) >= 11 is 12.2. The topological polar surface area (TPSA) is 72.2 Å². The first-order valence-corrected chi connectivity index (χ1v) is 12.7. The SMILES string of the molecule is COc1ccc(CCN(Cc2ccco2)C(=O)CN(CC(C)C)C(=O)c2ccc(Cl)c(Cl)c2)cc1OC. The molecule has 0 saturated carbocycles. The van der Waals surface area contributed by atoms with Crippen molar-refractivity contribution in [2.75, 3.05) is 33.9 Å². The number of hydrogen-bond donors (Lipinski definition) is 0. The minimum absolute atomic E-state index is 0.0795. The lowest BCUT2D eigenvalue weighted by Crippen LogP contribution is -2.44. The smallest absolute Gasteiger partial charge is 0.254 e. The molecular weight excluding hydrogens is 515 g/mol. The molecule has 2 amide bonds. The number of furan rings is 1. The van der Waals surface area contributed by atoms with E-state index in [0.29, 0.717) is 47.4 Å². The third kappa shape index (κ3) is 7.91. The van der Waals surface area contributed by atoms with Crippen LogP contribution in [0.1, 0.15) is 35.5 Å². The zero-order chi connectivity index (χ0) is 26.9. The van der Waals surface area contributed by atoms with Crippen molar-refractivity contribution in [2.45, 2.75) is 26.8 Å². The minimum Gasteiger partial charge on any atom is -0.493 e. The first-order chi connectivity index (χ1) is 17.7. The van der Waals surface area contributed by atoms with E-state index in [0.717, 1.165) is 5.56 Å². The Kier molecular flexibility index (Phi) is 10.3. The van der Waals surface area contributed by atoms with Crippen molar-refractivity contribution in [2.24, 2.45) is 5.92 Å². The van der Waals surface area contributed by atoms with Crippen LogP contribution in [0.15, 0.2) is 59.2 Å². The predicted octanol–water partition coefficient (Wildman–Crippen LogP) is 5.97. The number of hydrogen-bond acceptors (Lipinski definition) is 5. The Morgan fingerprint density at radius 3 is 2.32 bits per heavy atom. The molecule has 0 N–H and O–H groups in total. The first kappa shape index (κ1) is 28.4. The number of carbonyl (C=O) groups is 2. The molecule has 1 aromatic heterocycles. The number of carbonyl (C=O) groups excluding carboxylic acids is 2. The summed E-state index contributed by atoms with van der Waals surface area (Å²) in [6.45, 7) is 5.04.